The van der Waals surface area contributed by atoms with Gasteiger partial charge < -0.3 is 19.5 Å². The molecule has 6 heteroatoms. The van der Waals surface area contributed by atoms with E-state index in [0.29, 0.717) is 32.6 Å². The average Bonchev–Trinajstić information content (AvgIpc) is 3.05. The van der Waals surface area contributed by atoms with Gasteiger partial charge in [-0.2, -0.15) is 0 Å². The second-order valence-electron chi connectivity index (χ2n) is 5.56. The van der Waals surface area contributed by atoms with Crippen molar-refractivity contribution >= 4 is 11.9 Å². The van der Waals surface area contributed by atoms with Crippen molar-refractivity contribution in [3.8, 4) is 0 Å². The van der Waals surface area contributed by atoms with Crippen LogP contribution >= 0.6 is 0 Å². The normalized spacial score (nSPS) is 28.5. The molecule has 6 nitrogen and oxygen atoms in total. The summed E-state index contributed by atoms with van der Waals surface area (Å²) in [6.45, 7) is 1.44. The number of hydrogen-bond acceptors (Lipinski definition) is 4. The second-order valence-corrected chi connectivity index (χ2v) is 5.56. The molecule has 0 saturated carbocycles. The zero-order valence-electron chi connectivity index (χ0n) is 12.2. The molecule has 22 heavy (non-hydrogen) atoms. The zero-order chi connectivity index (χ0) is 15.5. The zero-order valence-corrected chi connectivity index (χ0v) is 12.2. The summed E-state index contributed by atoms with van der Waals surface area (Å²) in [4.78, 5) is 25.4. The van der Waals surface area contributed by atoms with E-state index in [1.165, 1.54) is 0 Å². The number of amides is 1. The van der Waals surface area contributed by atoms with Gasteiger partial charge in [-0.25, -0.2) is 4.79 Å². The molecule has 0 aliphatic carbocycles. The lowest BCUT2D eigenvalue weighted by Gasteiger charge is -2.37. The maximum absolute atomic E-state index is 12.7. The van der Waals surface area contributed by atoms with Gasteiger partial charge in [0.1, 0.15) is 6.10 Å². The van der Waals surface area contributed by atoms with Crippen molar-refractivity contribution < 1.29 is 24.2 Å². The molecular formula is C16H19NO5. The first kappa shape index (κ1) is 15.0. The Balaban J connectivity index is 1.74. The van der Waals surface area contributed by atoms with Crippen LogP contribution in [0.2, 0.25) is 0 Å². The van der Waals surface area contributed by atoms with E-state index in [1.807, 2.05) is 30.3 Å². The minimum absolute atomic E-state index is 0.138. The quantitative estimate of drug-likeness (QED) is 0.908. The second kappa shape index (κ2) is 6.46. The molecular weight excluding hydrogens is 286 g/mol. The van der Waals surface area contributed by atoms with Crippen molar-refractivity contribution in [3.05, 3.63) is 35.9 Å². The van der Waals surface area contributed by atoms with E-state index in [1.54, 1.807) is 4.90 Å². The minimum atomic E-state index is -1.00. The number of aliphatic carboxylic acids is 1. The van der Waals surface area contributed by atoms with Gasteiger partial charge in [0.15, 0.2) is 6.10 Å². The third-order valence-electron chi connectivity index (χ3n) is 4.17. The average molecular weight is 305 g/mol. The highest BCUT2D eigenvalue weighted by atomic mass is 16.5. The lowest BCUT2D eigenvalue weighted by Crippen LogP contribution is -2.47. The van der Waals surface area contributed by atoms with Crippen LogP contribution in [0.4, 0.5) is 0 Å². The van der Waals surface area contributed by atoms with Gasteiger partial charge in [-0.3, -0.25) is 4.79 Å². The summed E-state index contributed by atoms with van der Waals surface area (Å²) in [5.74, 6) is -1.14. The van der Waals surface area contributed by atoms with Gasteiger partial charge in [-0.05, 0) is 18.4 Å². The molecule has 0 radical (unpaired) electrons. The molecule has 1 amide bonds. The Hall–Kier alpha value is -1.92. The van der Waals surface area contributed by atoms with Crippen molar-refractivity contribution in [2.75, 3.05) is 19.8 Å². The molecule has 0 bridgehead atoms. The van der Waals surface area contributed by atoms with Crippen LogP contribution in [0.3, 0.4) is 0 Å². The molecule has 2 saturated heterocycles. The first-order chi connectivity index (χ1) is 10.7. The number of carboxylic acid groups (broad SMARTS) is 1. The highest BCUT2D eigenvalue weighted by Crippen LogP contribution is 2.28. The van der Waals surface area contributed by atoms with E-state index in [4.69, 9.17) is 14.6 Å². The van der Waals surface area contributed by atoms with Crippen molar-refractivity contribution in [2.45, 2.75) is 31.1 Å². The fraction of sp³-hybridized carbons (Fsp3) is 0.500. The summed E-state index contributed by atoms with van der Waals surface area (Å²) in [7, 11) is 0. The Labute approximate surface area is 128 Å². The molecule has 1 N–H and O–H groups in total. The lowest BCUT2D eigenvalue weighted by atomic mass is 10.0. The summed E-state index contributed by atoms with van der Waals surface area (Å²) >= 11 is 0. The molecule has 3 rings (SSSR count). The number of carbonyl (C=O) groups excluding carboxylic acids is 1. The molecule has 3 atom stereocenters. The Morgan fingerprint density at radius 3 is 2.55 bits per heavy atom. The Kier molecular flexibility index (Phi) is 4.40. The summed E-state index contributed by atoms with van der Waals surface area (Å²) < 4.78 is 10.9. The predicted octanol–water partition coefficient (Wildman–Crippen LogP) is 1.22. The standard InChI is InChI=1S/C16H19NO5/c18-15(13-6-7-14(22-13)16(19)20)17-8-9-21-10-12(17)11-4-2-1-3-5-11/h1-5,12-14H,6-10H2,(H,19,20)/t12?,13-,14+/m0/s1. The van der Waals surface area contributed by atoms with E-state index in [9.17, 15) is 9.59 Å². The molecule has 2 fully saturated rings. The van der Waals surface area contributed by atoms with Crippen molar-refractivity contribution in [1.82, 2.24) is 4.90 Å². The molecule has 0 spiro atoms. The van der Waals surface area contributed by atoms with Gasteiger partial charge in [0, 0.05) is 6.54 Å². The summed E-state index contributed by atoms with van der Waals surface area (Å²) in [6, 6.07) is 9.58. The minimum Gasteiger partial charge on any atom is -0.479 e. The van der Waals surface area contributed by atoms with E-state index in [2.05, 4.69) is 0 Å². The van der Waals surface area contributed by atoms with Crippen molar-refractivity contribution in [1.29, 1.82) is 0 Å². The van der Waals surface area contributed by atoms with E-state index >= 15 is 0 Å². The van der Waals surface area contributed by atoms with Gasteiger partial charge in [0.2, 0.25) is 0 Å². The van der Waals surface area contributed by atoms with E-state index in [-0.39, 0.29) is 11.9 Å². The molecule has 2 aliphatic heterocycles. The van der Waals surface area contributed by atoms with Crippen molar-refractivity contribution in [3.63, 3.8) is 0 Å². The fourth-order valence-electron chi connectivity index (χ4n) is 3.00. The summed E-state index contributed by atoms with van der Waals surface area (Å²) in [5.41, 5.74) is 1.02. The third-order valence-corrected chi connectivity index (χ3v) is 4.17. The Morgan fingerprint density at radius 1 is 1.14 bits per heavy atom. The van der Waals surface area contributed by atoms with Crippen molar-refractivity contribution in [2.24, 2.45) is 0 Å². The molecule has 2 aliphatic rings. The predicted molar refractivity (Wildman–Crippen MR) is 77.2 cm³/mol. The summed E-state index contributed by atoms with van der Waals surface area (Å²) in [6.07, 6.45) is -0.698. The maximum Gasteiger partial charge on any atom is 0.332 e. The monoisotopic (exact) mass is 305 g/mol. The number of ether oxygens (including phenoxy) is 2. The van der Waals surface area contributed by atoms with E-state index in [0.717, 1.165) is 5.56 Å². The fourth-order valence-corrected chi connectivity index (χ4v) is 3.00. The largest absolute Gasteiger partial charge is 0.479 e. The Morgan fingerprint density at radius 2 is 1.86 bits per heavy atom. The van der Waals surface area contributed by atoms with Gasteiger partial charge in [-0.1, -0.05) is 30.3 Å². The molecule has 118 valence electrons. The van der Waals surface area contributed by atoms with Crippen LogP contribution in [0.15, 0.2) is 30.3 Å². The number of nitrogens with zero attached hydrogens (tertiary/aromatic N) is 1. The molecule has 0 aromatic heterocycles. The molecule has 1 unspecified atom stereocenters. The first-order valence-corrected chi connectivity index (χ1v) is 7.48. The van der Waals surface area contributed by atoms with Gasteiger partial charge in [-0.15, -0.1) is 0 Å². The van der Waals surface area contributed by atoms with Gasteiger partial charge in [0.25, 0.3) is 5.91 Å². The van der Waals surface area contributed by atoms with Crippen LogP contribution in [0.5, 0.6) is 0 Å². The molecule has 1 aromatic rings. The van der Waals surface area contributed by atoms with Crippen LogP contribution in [0.1, 0.15) is 24.4 Å². The lowest BCUT2D eigenvalue weighted by molar-refractivity contribution is -0.159. The van der Waals surface area contributed by atoms with Crippen LogP contribution in [0.25, 0.3) is 0 Å². The molecule has 2 heterocycles. The van der Waals surface area contributed by atoms with Crippen LogP contribution < -0.4 is 0 Å². The van der Waals surface area contributed by atoms with Crippen LogP contribution in [-0.2, 0) is 19.1 Å². The number of rotatable bonds is 3. The number of morpholine rings is 1. The van der Waals surface area contributed by atoms with Crippen LogP contribution in [-0.4, -0.2) is 53.8 Å². The maximum atomic E-state index is 12.7. The number of hydrogen-bond donors (Lipinski definition) is 1. The Bertz CT molecular complexity index is 547. The number of carboxylic acids is 1. The topological polar surface area (TPSA) is 76.1 Å². The number of benzene rings is 1. The number of carbonyl (C=O) groups is 2. The highest BCUT2D eigenvalue weighted by molar-refractivity contribution is 5.83. The first-order valence-electron chi connectivity index (χ1n) is 7.48. The smallest absolute Gasteiger partial charge is 0.332 e. The SMILES string of the molecule is O=C(O)[C@H]1CC[C@@H](C(=O)N2CCOCC2c2ccccc2)O1. The highest BCUT2D eigenvalue weighted by Gasteiger charge is 2.39. The van der Waals surface area contributed by atoms with Crippen LogP contribution in [0, 0.1) is 0 Å². The summed E-state index contributed by atoms with van der Waals surface area (Å²) in [5, 5.41) is 8.98. The van der Waals surface area contributed by atoms with E-state index < -0.39 is 18.2 Å². The van der Waals surface area contributed by atoms with Gasteiger partial charge in [0.05, 0.1) is 19.3 Å². The third kappa shape index (κ3) is 2.98. The van der Waals surface area contributed by atoms with Gasteiger partial charge >= 0.3 is 5.97 Å². The molecule has 1 aromatic carbocycles.